The number of hydrogen-bond donors (Lipinski definition) is 1. The summed E-state index contributed by atoms with van der Waals surface area (Å²) >= 11 is 1.62. The van der Waals surface area contributed by atoms with Crippen LogP contribution >= 0.6 is 11.3 Å². The second-order valence-corrected chi connectivity index (χ2v) is 5.22. The Bertz CT molecular complexity index is 510. The number of nitrogens with zero attached hydrogens (tertiary/aromatic N) is 1. The van der Waals surface area contributed by atoms with Gasteiger partial charge < -0.3 is 10.5 Å². The predicted octanol–water partition coefficient (Wildman–Crippen LogP) is 3.29. The molecule has 0 bridgehead atoms. The van der Waals surface area contributed by atoms with Gasteiger partial charge in [-0.25, -0.2) is 4.98 Å². The highest BCUT2D eigenvalue weighted by atomic mass is 32.1. The number of para-hydroxylation sites is 1. The molecule has 96 valence electrons. The first-order chi connectivity index (χ1) is 8.72. The topological polar surface area (TPSA) is 48.1 Å². The van der Waals surface area contributed by atoms with Crippen molar-refractivity contribution in [1.82, 2.24) is 4.98 Å². The summed E-state index contributed by atoms with van der Waals surface area (Å²) in [6.07, 6.45) is 0.985. The van der Waals surface area contributed by atoms with Gasteiger partial charge in [0.25, 0.3) is 0 Å². The fourth-order valence-corrected chi connectivity index (χ4v) is 2.41. The van der Waals surface area contributed by atoms with Crippen molar-refractivity contribution in [1.29, 1.82) is 0 Å². The lowest BCUT2D eigenvalue weighted by Gasteiger charge is -2.15. The molecule has 18 heavy (non-hydrogen) atoms. The quantitative estimate of drug-likeness (QED) is 0.899. The van der Waals surface area contributed by atoms with E-state index in [1.165, 1.54) is 0 Å². The van der Waals surface area contributed by atoms with Crippen LogP contribution < -0.4 is 10.5 Å². The molecule has 2 N–H and O–H groups in total. The molecule has 1 aromatic carbocycles. The Morgan fingerprint density at radius 3 is 2.83 bits per heavy atom. The Balaban J connectivity index is 2.26. The maximum absolute atomic E-state index is 6.27. The molecular weight excluding hydrogens is 244 g/mol. The first-order valence-electron chi connectivity index (χ1n) is 6.11. The van der Waals surface area contributed by atoms with Crippen molar-refractivity contribution in [3.63, 3.8) is 0 Å². The molecule has 0 saturated heterocycles. The number of aromatic nitrogens is 1. The minimum absolute atomic E-state index is 0.219. The zero-order chi connectivity index (χ0) is 13.0. The molecule has 0 amide bonds. The summed E-state index contributed by atoms with van der Waals surface area (Å²) in [6, 6.07) is 7.69. The van der Waals surface area contributed by atoms with Crippen LogP contribution in [0, 0.1) is 6.92 Å². The van der Waals surface area contributed by atoms with E-state index >= 15 is 0 Å². The van der Waals surface area contributed by atoms with Crippen molar-refractivity contribution >= 4 is 11.3 Å². The van der Waals surface area contributed by atoms with E-state index in [1.54, 1.807) is 11.3 Å². The molecule has 0 fully saturated rings. The Morgan fingerprint density at radius 2 is 2.17 bits per heavy atom. The molecule has 1 aromatic heterocycles. The number of nitrogens with two attached hydrogens (primary N) is 1. The van der Waals surface area contributed by atoms with Crippen molar-refractivity contribution in [2.75, 3.05) is 6.61 Å². The number of benzene rings is 1. The monoisotopic (exact) mass is 262 g/mol. The third-order valence-corrected chi connectivity index (χ3v) is 3.46. The maximum Gasteiger partial charge on any atom is 0.124 e. The van der Waals surface area contributed by atoms with Crippen LogP contribution in [-0.4, -0.2) is 11.6 Å². The van der Waals surface area contributed by atoms with Crippen molar-refractivity contribution in [2.45, 2.75) is 26.3 Å². The van der Waals surface area contributed by atoms with Crippen LogP contribution in [0.4, 0.5) is 0 Å². The fourth-order valence-electron chi connectivity index (χ4n) is 1.76. The van der Waals surface area contributed by atoms with Gasteiger partial charge in [-0.3, -0.25) is 0 Å². The van der Waals surface area contributed by atoms with E-state index in [-0.39, 0.29) is 6.04 Å². The van der Waals surface area contributed by atoms with Crippen LogP contribution in [0.3, 0.4) is 0 Å². The molecule has 1 unspecified atom stereocenters. The van der Waals surface area contributed by atoms with Crippen molar-refractivity contribution < 1.29 is 4.74 Å². The summed E-state index contributed by atoms with van der Waals surface area (Å²) in [5.41, 5.74) is 8.17. The maximum atomic E-state index is 6.27. The lowest BCUT2D eigenvalue weighted by atomic mass is 10.0. The highest BCUT2D eigenvalue weighted by Crippen LogP contribution is 2.28. The minimum Gasteiger partial charge on any atom is -0.493 e. The molecule has 1 atom stereocenters. The Kier molecular flexibility index (Phi) is 4.33. The highest BCUT2D eigenvalue weighted by molar-refractivity contribution is 7.09. The first kappa shape index (κ1) is 13.1. The summed E-state index contributed by atoms with van der Waals surface area (Å²) in [6.45, 7) is 4.78. The molecule has 0 radical (unpaired) electrons. The number of ether oxygens (including phenoxy) is 1. The van der Waals surface area contributed by atoms with Crippen LogP contribution in [0.5, 0.6) is 5.75 Å². The van der Waals surface area contributed by atoms with Crippen LogP contribution in [0.1, 0.15) is 35.7 Å². The van der Waals surface area contributed by atoms with E-state index in [4.69, 9.17) is 10.5 Å². The van der Waals surface area contributed by atoms with E-state index in [0.717, 1.165) is 28.4 Å². The van der Waals surface area contributed by atoms with Crippen molar-refractivity contribution in [3.8, 4) is 5.75 Å². The van der Waals surface area contributed by atoms with Crippen LogP contribution in [0.2, 0.25) is 0 Å². The standard InChI is InChI=1S/C14H18N2OS/c1-3-8-17-13-7-5-4-6-11(13)14(15)12-9-18-10(2)16-12/h4-7,9,14H,3,8,15H2,1-2H3. The number of thiazole rings is 1. The zero-order valence-corrected chi connectivity index (χ0v) is 11.5. The summed E-state index contributed by atoms with van der Waals surface area (Å²) in [7, 11) is 0. The molecule has 4 heteroatoms. The lowest BCUT2D eigenvalue weighted by molar-refractivity contribution is 0.313. The van der Waals surface area contributed by atoms with Gasteiger partial charge in [-0.2, -0.15) is 0 Å². The van der Waals surface area contributed by atoms with Gasteiger partial charge in [0.2, 0.25) is 0 Å². The normalized spacial score (nSPS) is 12.4. The van der Waals surface area contributed by atoms with Gasteiger partial charge in [-0.15, -0.1) is 11.3 Å². The zero-order valence-electron chi connectivity index (χ0n) is 10.7. The Hall–Kier alpha value is -1.39. The third-order valence-electron chi connectivity index (χ3n) is 2.67. The molecule has 0 spiro atoms. The van der Waals surface area contributed by atoms with E-state index in [1.807, 2.05) is 36.6 Å². The molecule has 0 aliphatic rings. The summed E-state index contributed by atoms with van der Waals surface area (Å²) in [5, 5.41) is 3.05. The van der Waals surface area contributed by atoms with E-state index < -0.39 is 0 Å². The molecule has 1 heterocycles. The molecule has 0 aliphatic heterocycles. The molecule has 2 aromatic rings. The average Bonchev–Trinajstić information content (AvgIpc) is 2.82. The van der Waals surface area contributed by atoms with Crippen molar-refractivity contribution in [2.24, 2.45) is 5.73 Å². The van der Waals surface area contributed by atoms with Gasteiger partial charge in [0.1, 0.15) is 5.75 Å². The highest BCUT2D eigenvalue weighted by Gasteiger charge is 2.16. The molecule has 2 rings (SSSR count). The van der Waals surface area contributed by atoms with E-state index in [0.29, 0.717) is 6.61 Å². The third kappa shape index (κ3) is 2.89. The molecule has 0 saturated carbocycles. The minimum atomic E-state index is -0.219. The summed E-state index contributed by atoms with van der Waals surface area (Å²) in [4.78, 5) is 4.45. The number of rotatable bonds is 5. The summed E-state index contributed by atoms with van der Waals surface area (Å²) in [5.74, 6) is 0.859. The van der Waals surface area contributed by atoms with Crippen LogP contribution in [-0.2, 0) is 0 Å². The van der Waals surface area contributed by atoms with Gasteiger partial charge >= 0.3 is 0 Å². The van der Waals surface area contributed by atoms with Gasteiger partial charge in [0, 0.05) is 10.9 Å². The predicted molar refractivity (Wildman–Crippen MR) is 75.1 cm³/mol. The average molecular weight is 262 g/mol. The molecular formula is C14H18N2OS. The number of aryl methyl sites for hydroxylation is 1. The molecule has 0 aliphatic carbocycles. The first-order valence-corrected chi connectivity index (χ1v) is 6.99. The van der Waals surface area contributed by atoms with Crippen molar-refractivity contribution in [3.05, 3.63) is 45.9 Å². The Labute approximate surface area is 112 Å². The van der Waals surface area contributed by atoms with Gasteiger partial charge in [0.05, 0.1) is 23.4 Å². The fraction of sp³-hybridized carbons (Fsp3) is 0.357. The van der Waals surface area contributed by atoms with Gasteiger partial charge in [-0.1, -0.05) is 25.1 Å². The lowest BCUT2D eigenvalue weighted by Crippen LogP contribution is -2.14. The second kappa shape index (κ2) is 5.98. The second-order valence-electron chi connectivity index (χ2n) is 4.16. The van der Waals surface area contributed by atoms with E-state index in [9.17, 15) is 0 Å². The van der Waals surface area contributed by atoms with Crippen LogP contribution in [0.15, 0.2) is 29.6 Å². The van der Waals surface area contributed by atoms with Gasteiger partial charge in [-0.05, 0) is 19.4 Å². The smallest absolute Gasteiger partial charge is 0.124 e. The summed E-state index contributed by atoms with van der Waals surface area (Å²) < 4.78 is 5.73. The largest absolute Gasteiger partial charge is 0.493 e. The Morgan fingerprint density at radius 1 is 1.39 bits per heavy atom. The SMILES string of the molecule is CCCOc1ccccc1C(N)c1csc(C)n1. The number of hydrogen-bond acceptors (Lipinski definition) is 4. The van der Waals surface area contributed by atoms with E-state index in [2.05, 4.69) is 11.9 Å². The van der Waals surface area contributed by atoms with Crippen LogP contribution in [0.25, 0.3) is 0 Å². The molecule has 3 nitrogen and oxygen atoms in total. The van der Waals surface area contributed by atoms with Gasteiger partial charge in [0.15, 0.2) is 0 Å².